The van der Waals surface area contributed by atoms with E-state index in [1.807, 2.05) is 42.5 Å². The predicted octanol–water partition coefficient (Wildman–Crippen LogP) is 3.51. The van der Waals surface area contributed by atoms with Crippen LogP contribution in [0.3, 0.4) is 0 Å². The van der Waals surface area contributed by atoms with Gasteiger partial charge in [0.25, 0.3) is 10.0 Å². The molecule has 4 rings (SSSR count). The van der Waals surface area contributed by atoms with Crippen LogP contribution >= 0.6 is 0 Å². The fourth-order valence-electron chi connectivity index (χ4n) is 2.89. The van der Waals surface area contributed by atoms with E-state index in [4.69, 9.17) is 4.42 Å². The highest BCUT2D eigenvalue weighted by molar-refractivity contribution is 7.92. The van der Waals surface area contributed by atoms with Crippen LogP contribution in [0.4, 0.5) is 5.69 Å². The van der Waals surface area contributed by atoms with E-state index < -0.39 is 15.8 Å². The third kappa shape index (κ3) is 3.63. The number of anilines is 1. The average molecular weight is 380 g/mol. The molecular formula is C20H16N2O4S. The topological polar surface area (TPSA) is 92.2 Å². The van der Waals surface area contributed by atoms with Gasteiger partial charge in [-0.2, -0.15) is 0 Å². The van der Waals surface area contributed by atoms with Gasteiger partial charge in [-0.05, 0) is 35.7 Å². The Morgan fingerprint density at radius 2 is 1.67 bits per heavy atom. The fraction of sp³-hybridized carbons (Fsp3) is 0.0500. The third-order valence-corrected chi connectivity index (χ3v) is 5.57. The number of fused-ring (bicyclic) bond motifs is 1. The number of oxazole rings is 1. The van der Waals surface area contributed by atoms with E-state index in [0.29, 0.717) is 17.6 Å². The average Bonchev–Trinajstić information content (AvgIpc) is 3.03. The highest BCUT2D eigenvalue weighted by Gasteiger charge is 2.17. The number of H-pyrrole nitrogens is 1. The maximum Gasteiger partial charge on any atom is 0.417 e. The first kappa shape index (κ1) is 17.1. The molecule has 0 radical (unpaired) electrons. The minimum Gasteiger partial charge on any atom is -0.408 e. The van der Waals surface area contributed by atoms with Crippen LogP contribution in [0.5, 0.6) is 0 Å². The van der Waals surface area contributed by atoms with Crippen molar-refractivity contribution < 1.29 is 12.8 Å². The summed E-state index contributed by atoms with van der Waals surface area (Å²) in [7, 11) is -3.84. The summed E-state index contributed by atoms with van der Waals surface area (Å²) in [6.07, 6.45) is 0.602. The Bertz CT molecular complexity index is 1260. The Morgan fingerprint density at radius 3 is 2.48 bits per heavy atom. The molecule has 0 atom stereocenters. The number of para-hydroxylation sites is 1. The van der Waals surface area contributed by atoms with Crippen molar-refractivity contribution in [3.63, 3.8) is 0 Å². The lowest BCUT2D eigenvalue weighted by Crippen LogP contribution is -2.14. The van der Waals surface area contributed by atoms with Crippen molar-refractivity contribution in [1.29, 1.82) is 0 Å². The SMILES string of the molecule is O=c1[nH]c2ccc(S(=O)(=O)Nc3ccccc3Cc3ccccc3)cc2o1. The molecule has 7 heteroatoms. The standard InChI is InChI=1S/C20H16N2O4S/c23-20-21-18-11-10-16(13-19(18)26-20)27(24,25)22-17-9-5-4-8-15(17)12-14-6-2-1-3-7-14/h1-11,13,22H,12H2,(H,21,23). The first-order chi connectivity index (χ1) is 13.0. The Morgan fingerprint density at radius 1 is 0.926 bits per heavy atom. The van der Waals surface area contributed by atoms with Crippen molar-refractivity contribution in [2.45, 2.75) is 11.3 Å². The molecule has 6 nitrogen and oxygen atoms in total. The van der Waals surface area contributed by atoms with Gasteiger partial charge >= 0.3 is 5.76 Å². The zero-order valence-electron chi connectivity index (χ0n) is 14.2. The van der Waals surface area contributed by atoms with E-state index in [0.717, 1.165) is 11.1 Å². The molecule has 136 valence electrons. The van der Waals surface area contributed by atoms with Crippen LogP contribution in [0.15, 0.2) is 86.9 Å². The summed E-state index contributed by atoms with van der Waals surface area (Å²) in [5, 5.41) is 0. The molecule has 0 amide bonds. The maximum absolute atomic E-state index is 12.8. The van der Waals surface area contributed by atoms with Crippen molar-refractivity contribution in [3.8, 4) is 0 Å². The summed E-state index contributed by atoms with van der Waals surface area (Å²) in [4.78, 5) is 13.8. The zero-order chi connectivity index (χ0) is 18.9. The molecular weight excluding hydrogens is 364 g/mol. The predicted molar refractivity (Wildman–Crippen MR) is 103 cm³/mol. The number of rotatable bonds is 5. The summed E-state index contributed by atoms with van der Waals surface area (Å²) in [6.45, 7) is 0. The Labute approximate surface area is 155 Å². The van der Waals surface area contributed by atoms with Crippen LogP contribution in [0.25, 0.3) is 11.1 Å². The van der Waals surface area contributed by atoms with Gasteiger partial charge in [-0.1, -0.05) is 48.5 Å². The highest BCUT2D eigenvalue weighted by Crippen LogP contribution is 2.24. The molecule has 0 saturated heterocycles. The number of nitrogens with one attached hydrogen (secondary N) is 2. The van der Waals surface area contributed by atoms with Crippen LogP contribution in [0, 0.1) is 0 Å². The van der Waals surface area contributed by atoms with Crippen LogP contribution in [0.2, 0.25) is 0 Å². The fourth-order valence-corrected chi connectivity index (χ4v) is 4.00. The minimum atomic E-state index is -3.84. The van der Waals surface area contributed by atoms with Crippen molar-refractivity contribution in [2.75, 3.05) is 4.72 Å². The minimum absolute atomic E-state index is 0.0206. The van der Waals surface area contributed by atoms with E-state index >= 15 is 0 Å². The molecule has 0 unspecified atom stereocenters. The van der Waals surface area contributed by atoms with Gasteiger partial charge in [0.05, 0.1) is 16.1 Å². The molecule has 0 aliphatic carbocycles. The first-order valence-electron chi connectivity index (χ1n) is 8.29. The Hall–Kier alpha value is -3.32. The van der Waals surface area contributed by atoms with Crippen LogP contribution < -0.4 is 10.5 Å². The molecule has 4 aromatic rings. The number of sulfonamides is 1. The van der Waals surface area contributed by atoms with E-state index in [1.165, 1.54) is 18.2 Å². The van der Waals surface area contributed by atoms with Crippen molar-refractivity contribution in [1.82, 2.24) is 4.98 Å². The lowest BCUT2D eigenvalue weighted by molar-refractivity contribution is 0.554. The second-order valence-corrected chi connectivity index (χ2v) is 7.78. The Kier molecular flexibility index (Phi) is 4.29. The molecule has 1 heterocycles. The van der Waals surface area contributed by atoms with E-state index in [1.54, 1.807) is 12.1 Å². The first-order valence-corrected chi connectivity index (χ1v) is 9.77. The second-order valence-electron chi connectivity index (χ2n) is 6.10. The van der Waals surface area contributed by atoms with Gasteiger partial charge in [0.15, 0.2) is 5.58 Å². The molecule has 1 aromatic heterocycles. The van der Waals surface area contributed by atoms with Gasteiger partial charge in [0.1, 0.15) is 0 Å². The summed E-state index contributed by atoms with van der Waals surface area (Å²) >= 11 is 0. The van der Waals surface area contributed by atoms with Gasteiger partial charge < -0.3 is 4.42 Å². The monoisotopic (exact) mass is 380 g/mol. The number of aromatic amines is 1. The summed E-state index contributed by atoms with van der Waals surface area (Å²) in [6, 6.07) is 21.3. The molecule has 0 fully saturated rings. The smallest absolute Gasteiger partial charge is 0.408 e. The second kappa shape index (κ2) is 6.77. The number of hydrogen-bond acceptors (Lipinski definition) is 4. The summed E-state index contributed by atoms with van der Waals surface area (Å²) < 4.78 is 33.2. The lowest BCUT2D eigenvalue weighted by atomic mass is 10.0. The van der Waals surface area contributed by atoms with Crippen LogP contribution in [-0.2, 0) is 16.4 Å². The number of benzene rings is 3. The number of hydrogen-bond donors (Lipinski definition) is 2. The molecule has 0 saturated carbocycles. The van der Waals surface area contributed by atoms with Gasteiger partial charge in [0.2, 0.25) is 0 Å². The van der Waals surface area contributed by atoms with Crippen molar-refractivity contribution in [2.24, 2.45) is 0 Å². The van der Waals surface area contributed by atoms with Gasteiger partial charge in [-0.25, -0.2) is 13.2 Å². The molecule has 0 aliphatic heterocycles. The molecule has 0 spiro atoms. The van der Waals surface area contributed by atoms with Crippen molar-refractivity contribution >= 4 is 26.8 Å². The Balaban J connectivity index is 1.67. The lowest BCUT2D eigenvalue weighted by Gasteiger charge is -2.13. The summed E-state index contributed by atoms with van der Waals surface area (Å²) in [5.41, 5.74) is 3.10. The number of aromatic nitrogens is 1. The van der Waals surface area contributed by atoms with E-state index in [9.17, 15) is 13.2 Å². The van der Waals surface area contributed by atoms with Gasteiger partial charge in [-0.15, -0.1) is 0 Å². The maximum atomic E-state index is 12.8. The van der Waals surface area contributed by atoms with E-state index in [-0.39, 0.29) is 10.5 Å². The molecule has 0 aliphatic rings. The zero-order valence-corrected chi connectivity index (χ0v) is 15.0. The highest BCUT2D eigenvalue weighted by atomic mass is 32.2. The van der Waals surface area contributed by atoms with Gasteiger partial charge in [0, 0.05) is 6.07 Å². The third-order valence-electron chi connectivity index (χ3n) is 4.20. The molecule has 2 N–H and O–H groups in total. The summed E-state index contributed by atoms with van der Waals surface area (Å²) in [5.74, 6) is -0.624. The molecule has 0 bridgehead atoms. The van der Waals surface area contributed by atoms with Crippen LogP contribution in [0.1, 0.15) is 11.1 Å². The normalized spacial score (nSPS) is 11.6. The van der Waals surface area contributed by atoms with Crippen molar-refractivity contribution in [3.05, 3.63) is 94.5 Å². The molecule has 3 aromatic carbocycles. The molecule has 27 heavy (non-hydrogen) atoms. The quantitative estimate of drug-likeness (QED) is 0.554. The van der Waals surface area contributed by atoms with Crippen LogP contribution in [-0.4, -0.2) is 13.4 Å². The van der Waals surface area contributed by atoms with Gasteiger partial charge in [-0.3, -0.25) is 9.71 Å². The van der Waals surface area contributed by atoms with E-state index in [2.05, 4.69) is 9.71 Å². The largest absolute Gasteiger partial charge is 0.417 e.